The third kappa shape index (κ3) is 4.90. The number of benzene rings is 2. The van der Waals surface area contributed by atoms with Crippen molar-refractivity contribution < 1.29 is 9.21 Å². The van der Waals surface area contributed by atoms with Crippen LogP contribution in [0.4, 0.5) is 5.82 Å². The number of rotatable bonds is 8. The van der Waals surface area contributed by atoms with Crippen LogP contribution in [0.25, 0.3) is 22.5 Å². The summed E-state index contributed by atoms with van der Waals surface area (Å²) in [5.74, 6) is 2.27. The first kappa shape index (κ1) is 21.2. The van der Waals surface area contributed by atoms with Crippen LogP contribution in [-0.4, -0.2) is 47.0 Å². The first-order valence-electron chi connectivity index (χ1n) is 11.7. The third-order valence-electron chi connectivity index (χ3n) is 6.19. The molecule has 168 valence electrons. The number of carbonyl (C=O) groups excluding carboxylic acids is 1. The first-order valence-corrected chi connectivity index (χ1v) is 11.7. The van der Waals surface area contributed by atoms with Crippen LogP contribution in [0.2, 0.25) is 0 Å². The molecule has 0 unspecified atom stereocenters. The summed E-state index contributed by atoms with van der Waals surface area (Å²) in [6.45, 7) is 3.13. The molecule has 5 rings (SSSR count). The molecule has 6 heteroatoms. The predicted molar refractivity (Wildman–Crippen MR) is 130 cm³/mol. The number of anilines is 1. The Morgan fingerprint density at radius 3 is 2.48 bits per heavy atom. The van der Waals surface area contributed by atoms with E-state index in [0.29, 0.717) is 24.6 Å². The highest BCUT2D eigenvalue weighted by molar-refractivity contribution is 5.91. The minimum Gasteiger partial charge on any atom is -0.461 e. The van der Waals surface area contributed by atoms with E-state index in [0.717, 1.165) is 55.6 Å². The van der Waals surface area contributed by atoms with Crippen molar-refractivity contribution in [3.8, 4) is 11.6 Å². The van der Waals surface area contributed by atoms with E-state index in [9.17, 15) is 4.79 Å². The Labute approximate surface area is 193 Å². The van der Waals surface area contributed by atoms with Crippen molar-refractivity contribution in [2.75, 3.05) is 31.1 Å². The Balaban J connectivity index is 1.48. The predicted octanol–water partition coefficient (Wildman–Crippen LogP) is 4.95. The lowest BCUT2D eigenvalue weighted by Gasteiger charge is -2.26. The molecule has 0 aliphatic carbocycles. The summed E-state index contributed by atoms with van der Waals surface area (Å²) in [5, 5.41) is 0.981. The molecule has 0 N–H and O–H groups in total. The van der Waals surface area contributed by atoms with E-state index < -0.39 is 0 Å². The van der Waals surface area contributed by atoms with Crippen LogP contribution in [0.1, 0.15) is 24.8 Å². The second-order valence-electron chi connectivity index (χ2n) is 8.43. The average Bonchev–Trinajstić information content (AvgIpc) is 3.59. The van der Waals surface area contributed by atoms with Gasteiger partial charge in [-0.25, -0.2) is 9.97 Å². The zero-order valence-corrected chi connectivity index (χ0v) is 18.7. The second kappa shape index (κ2) is 9.86. The van der Waals surface area contributed by atoms with Gasteiger partial charge in [-0.2, -0.15) is 0 Å². The maximum absolute atomic E-state index is 12.8. The fourth-order valence-electron chi connectivity index (χ4n) is 4.40. The van der Waals surface area contributed by atoms with Gasteiger partial charge < -0.3 is 14.2 Å². The van der Waals surface area contributed by atoms with Crippen molar-refractivity contribution >= 4 is 22.6 Å². The molecule has 2 aromatic heterocycles. The lowest BCUT2D eigenvalue weighted by molar-refractivity contribution is -0.129. The fraction of sp³-hybridized carbons (Fsp3) is 0.296. The Morgan fingerprint density at radius 2 is 1.70 bits per heavy atom. The standard InChI is InChI=1S/C27H28N4O2/c32-25(30-16-6-7-17-30)15-19-31(18-14-21-9-2-1-3-10-21)27-22-11-4-5-12-23(22)28-26(29-27)24-13-8-20-33-24/h1-5,8-13,20H,6-7,14-19H2. The second-order valence-corrected chi connectivity index (χ2v) is 8.43. The summed E-state index contributed by atoms with van der Waals surface area (Å²) in [4.78, 5) is 26.7. The molecular weight excluding hydrogens is 412 g/mol. The van der Waals surface area contributed by atoms with Crippen LogP contribution in [-0.2, 0) is 11.2 Å². The highest BCUT2D eigenvalue weighted by atomic mass is 16.3. The Bertz CT molecular complexity index is 1200. The molecule has 6 nitrogen and oxygen atoms in total. The van der Waals surface area contributed by atoms with Crippen LogP contribution in [0.3, 0.4) is 0 Å². The highest BCUT2D eigenvalue weighted by Gasteiger charge is 2.21. The summed E-state index contributed by atoms with van der Waals surface area (Å²) < 4.78 is 5.59. The van der Waals surface area contributed by atoms with E-state index in [4.69, 9.17) is 14.4 Å². The lowest BCUT2D eigenvalue weighted by atomic mass is 10.1. The van der Waals surface area contributed by atoms with Gasteiger partial charge in [0.25, 0.3) is 0 Å². The molecule has 0 spiro atoms. The molecule has 1 amide bonds. The van der Waals surface area contributed by atoms with Gasteiger partial charge in [-0.3, -0.25) is 4.79 Å². The minimum absolute atomic E-state index is 0.224. The van der Waals surface area contributed by atoms with Gasteiger partial charge in [-0.05, 0) is 49.1 Å². The van der Waals surface area contributed by atoms with Gasteiger partial charge in [0.15, 0.2) is 11.6 Å². The largest absolute Gasteiger partial charge is 0.461 e. The van der Waals surface area contributed by atoms with Gasteiger partial charge in [0, 0.05) is 38.0 Å². The number of fused-ring (bicyclic) bond motifs is 1. The number of furan rings is 1. The number of para-hydroxylation sites is 1. The molecule has 0 bridgehead atoms. The van der Waals surface area contributed by atoms with Crippen molar-refractivity contribution in [3.63, 3.8) is 0 Å². The Kier molecular flexibility index (Phi) is 6.33. The van der Waals surface area contributed by atoms with Crippen LogP contribution in [0.5, 0.6) is 0 Å². The van der Waals surface area contributed by atoms with E-state index in [1.807, 2.05) is 47.4 Å². The number of amides is 1. The summed E-state index contributed by atoms with van der Waals surface area (Å²) in [6, 6.07) is 22.2. The van der Waals surface area contributed by atoms with Gasteiger partial charge in [-0.15, -0.1) is 0 Å². The normalized spacial score (nSPS) is 13.5. The average molecular weight is 441 g/mol. The van der Waals surface area contributed by atoms with E-state index in [1.54, 1.807) is 6.26 Å². The van der Waals surface area contributed by atoms with Crippen molar-refractivity contribution in [2.24, 2.45) is 0 Å². The molecule has 1 aliphatic heterocycles. The number of carbonyl (C=O) groups is 1. The molecule has 3 heterocycles. The minimum atomic E-state index is 0.224. The molecule has 2 aromatic carbocycles. The van der Waals surface area contributed by atoms with Gasteiger partial charge in [0.05, 0.1) is 11.8 Å². The quantitative estimate of drug-likeness (QED) is 0.388. The summed E-state index contributed by atoms with van der Waals surface area (Å²) in [5.41, 5.74) is 2.13. The van der Waals surface area contributed by atoms with E-state index in [2.05, 4.69) is 29.2 Å². The molecule has 0 atom stereocenters. The Hall–Kier alpha value is -3.67. The molecule has 33 heavy (non-hydrogen) atoms. The zero-order chi connectivity index (χ0) is 22.5. The van der Waals surface area contributed by atoms with E-state index in [-0.39, 0.29) is 5.91 Å². The van der Waals surface area contributed by atoms with E-state index in [1.165, 1.54) is 5.56 Å². The van der Waals surface area contributed by atoms with Gasteiger partial charge in [-0.1, -0.05) is 42.5 Å². The van der Waals surface area contributed by atoms with Crippen molar-refractivity contribution in [1.82, 2.24) is 14.9 Å². The highest BCUT2D eigenvalue weighted by Crippen LogP contribution is 2.28. The summed E-state index contributed by atoms with van der Waals surface area (Å²) in [7, 11) is 0. The molecule has 1 fully saturated rings. The monoisotopic (exact) mass is 440 g/mol. The molecular formula is C27H28N4O2. The maximum atomic E-state index is 12.8. The van der Waals surface area contributed by atoms with Crippen LogP contribution < -0.4 is 4.90 Å². The third-order valence-corrected chi connectivity index (χ3v) is 6.19. The molecule has 0 radical (unpaired) electrons. The van der Waals surface area contributed by atoms with Crippen molar-refractivity contribution in [3.05, 3.63) is 78.6 Å². The van der Waals surface area contributed by atoms with Gasteiger partial charge in [0.1, 0.15) is 5.82 Å². The molecule has 1 saturated heterocycles. The van der Waals surface area contributed by atoms with Crippen LogP contribution in [0.15, 0.2) is 77.4 Å². The molecule has 4 aromatic rings. The van der Waals surface area contributed by atoms with Gasteiger partial charge >= 0.3 is 0 Å². The number of hydrogen-bond donors (Lipinski definition) is 0. The summed E-state index contributed by atoms with van der Waals surface area (Å²) >= 11 is 0. The summed E-state index contributed by atoms with van der Waals surface area (Å²) in [6.07, 6.45) is 5.19. The number of hydrogen-bond acceptors (Lipinski definition) is 5. The van der Waals surface area contributed by atoms with Crippen LogP contribution in [0, 0.1) is 0 Å². The van der Waals surface area contributed by atoms with Crippen molar-refractivity contribution in [2.45, 2.75) is 25.7 Å². The number of aromatic nitrogens is 2. The zero-order valence-electron chi connectivity index (χ0n) is 18.7. The smallest absolute Gasteiger partial charge is 0.224 e. The first-order chi connectivity index (χ1) is 16.3. The van der Waals surface area contributed by atoms with Crippen molar-refractivity contribution in [1.29, 1.82) is 0 Å². The molecule has 1 aliphatic rings. The van der Waals surface area contributed by atoms with E-state index >= 15 is 0 Å². The molecule has 0 saturated carbocycles. The van der Waals surface area contributed by atoms with Gasteiger partial charge in [0.2, 0.25) is 5.91 Å². The van der Waals surface area contributed by atoms with Crippen LogP contribution >= 0.6 is 0 Å². The Morgan fingerprint density at radius 1 is 0.909 bits per heavy atom. The fourth-order valence-corrected chi connectivity index (χ4v) is 4.40. The topological polar surface area (TPSA) is 62.5 Å². The number of likely N-dealkylation sites (tertiary alicyclic amines) is 1. The SMILES string of the molecule is O=C(CCN(CCc1ccccc1)c1nc(-c2ccco2)nc2ccccc12)N1CCCC1. The number of nitrogens with zero attached hydrogens (tertiary/aromatic N) is 4. The lowest BCUT2D eigenvalue weighted by Crippen LogP contribution is -2.34. The maximum Gasteiger partial charge on any atom is 0.224 e.